The van der Waals surface area contributed by atoms with E-state index in [9.17, 15) is 0 Å². The molecule has 1 nitrogen and oxygen atoms in total. The molecule has 0 heterocycles. The highest BCUT2D eigenvalue weighted by atomic mass is 32.2. The van der Waals surface area contributed by atoms with Crippen molar-refractivity contribution in [1.82, 2.24) is 0 Å². The third-order valence-corrected chi connectivity index (χ3v) is 2.77. The van der Waals surface area contributed by atoms with Crippen molar-refractivity contribution >= 4 is 50.5 Å². The Morgan fingerprint density at radius 1 is 0.800 bits per heavy atom. The molecule has 0 aromatic carbocycles. The zero-order valence-corrected chi connectivity index (χ0v) is 13.0. The van der Waals surface area contributed by atoms with Crippen molar-refractivity contribution in [3.8, 4) is 0 Å². The van der Waals surface area contributed by atoms with Gasteiger partial charge in [0.1, 0.15) is 0 Å². The molecule has 0 amide bonds. The minimum atomic E-state index is -0.182. The Balaban J connectivity index is 3.20. The van der Waals surface area contributed by atoms with Crippen LogP contribution in [0, 0.1) is 0 Å². The molecule has 0 unspecified atom stereocenters. The molecule has 15 heavy (non-hydrogen) atoms. The van der Waals surface area contributed by atoms with Crippen molar-refractivity contribution in [3.05, 3.63) is 0 Å². The summed E-state index contributed by atoms with van der Waals surface area (Å²) >= 11 is 17.3. The molecule has 0 aromatic rings. The van der Waals surface area contributed by atoms with E-state index >= 15 is 0 Å². The second-order valence-corrected chi connectivity index (χ2v) is 8.91. The molecule has 0 rings (SSSR count). The van der Waals surface area contributed by atoms with E-state index in [0.29, 0.717) is 0 Å². The molecule has 0 aliphatic heterocycles. The van der Waals surface area contributed by atoms with Gasteiger partial charge in [0.15, 0.2) is 0 Å². The van der Waals surface area contributed by atoms with Gasteiger partial charge in [0.25, 0.3) is 0 Å². The predicted molar refractivity (Wildman–Crippen MR) is 82.0 cm³/mol. The highest BCUT2D eigenvalue weighted by molar-refractivity contribution is 8.00. The average Bonchev–Trinajstić information content (AvgIpc) is 1.98. The van der Waals surface area contributed by atoms with Crippen LogP contribution in [0.25, 0.3) is 0 Å². The van der Waals surface area contributed by atoms with Crippen molar-refractivity contribution in [2.24, 2.45) is 0 Å². The van der Waals surface area contributed by atoms with Gasteiger partial charge in [0.2, 0.25) is 0 Å². The lowest BCUT2D eigenvalue weighted by molar-refractivity contribution is 0.126. The van der Waals surface area contributed by atoms with Gasteiger partial charge in [-0.3, -0.25) is 0 Å². The van der Waals surface area contributed by atoms with E-state index in [-0.39, 0.29) is 8.16 Å². The lowest BCUT2D eigenvalue weighted by atomic mass is 10.2. The van der Waals surface area contributed by atoms with E-state index in [2.05, 4.69) is 50.5 Å². The first-order valence-corrected chi connectivity index (χ1v) is 6.97. The van der Waals surface area contributed by atoms with Crippen LogP contribution in [-0.4, -0.2) is 21.4 Å². The largest absolute Gasteiger partial charge is 0.381 e. The van der Waals surface area contributed by atoms with Gasteiger partial charge in [-0.15, -0.1) is 0 Å². The zero-order valence-electron chi connectivity index (χ0n) is 9.44. The van der Waals surface area contributed by atoms with Gasteiger partial charge < -0.3 is 4.74 Å². The summed E-state index contributed by atoms with van der Waals surface area (Å²) < 4.78 is 5.12. The van der Waals surface area contributed by atoms with Crippen molar-refractivity contribution in [1.29, 1.82) is 0 Å². The van der Waals surface area contributed by atoms with Gasteiger partial charge in [0, 0.05) is 13.2 Å². The molecule has 0 aliphatic carbocycles. The van der Waals surface area contributed by atoms with Crippen LogP contribution in [0.4, 0.5) is 0 Å². The third-order valence-electron chi connectivity index (χ3n) is 1.88. The number of thiol groups is 4. The highest BCUT2D eigenvalue weighted by Crippen LogP contribution is 2.25. The van der Waals surface area contributed by atoms with Gasteiger partial charge >= 0.3 is 0 Å². The van der Waals surface area contributed by atoms with Gasteiger partial charge in [-0.1, -0.05) is 0 Å². The molecule has 0 saturated carbocycles. The Kier molecular flexibility index (Phi) is 8.33. The van der Waals surface area contributed by atoms with E-state index in [1.54, 1.807) is 0 Å². The Morgan fingerprint density at radius 3 is 1.40 bits per heavy atom. The smallest absolute Gasteiger partial charge is 0.0524 e. The minimum absolute atomic E-state index is 0.182. The monoisotopic (exact) mass is 286 g/mol. The first-order chi connectivity index (χ1) is 6.71. The maximum absolute atomic E-state index is 5.49. The lowest BCUT2D eigenvalue weighted by Crippen LogP contribution is -2.10. The van der Waals surface area contributed by atoms with Crippen molar-refractivity contribution < 1.29 is 4.74 Å². The molecule has 0 bridgehead atoms. The summed E-state index contributed by atoms with van der Waals surface area (Å²) in [5, 5.41) is 0. The summed E-state index contributed by atoms with van der Waals surface area (Å²) in [6.45, 7) is 5.55. The Hall–Kier alpha value is 1.36. The fourth-order valence-electron chi connectivity index (χ4n) is 1.12. The van der Waals surface area contributed by atoms with Crippen LogP contribution in [-0.2, 0) is 4.74 Å². The van der Waals surface area contributed by atoms with Gasteiger partial charge in [-0.2, -0.15) is 50.5 Å². The summed E-state index contributed by atoms with van der Waals surface area (Å²) in [5.41, 5.74) is 0. The van der Waals surface area contributed by atoms with E-state index in [4.69, 9.17) is 4.74 Å². The van der Waals surface area contributed by atoms with Crippen molar-refractivity contribution in [2.75, 3.05) is 13.2 Å². The highest BCUT2D eigenvalue weighted by Gasteiger charge is 2.12. The molecule has 0 spiro atoms. The third kappa shape index (κ3) is 15.4. The van der Waals surface area contributed by atoms with Crippen LogP contribution < -0.4 is 0 Å². The summed E-state index contributed by atoms with van der Waals surface area (Å²) in [6, 6.07) is 0. The van der Waals surface area contributed by atoms with Gasteiger partial charge in [-0.25, -0.2) is 0 Å². The second kappa shape index (κ2) is 7.64. The SMILES string of the molecule is CC(S)(S)CCCOCCCC(C)(S)S. The molecular weight excluding hydrogens is 264 g/mol. The Bertz CT molecular complexity index is 142. The molecule has 92 valence electrons. The Labute approximate surface area is 116 Å². The summed E-state index contributed by atoms with van der Waals surface area (Å²) in [7, 11) is 0. The van der Waals surface area contributed by atoms with E-state index < -0.39 is 0 Å². The minimum Gasteiger partial charge on any atom is -0.381 e. The lowest BCUT2D eigenvalue weighted by Gasteiger charge is -2.17. The summed E-state index contributed by atoms with van der Waals surface area (Å²) in [6.07, 6.45) is 3.91. The fourth-order valence-corrected chi connectivity index (χ4v) is 1.75. The van der Waals surface area contributed by atoms with Crippen LogP contribution in [0.3, 0.4) is 0 Å². The normalized spacial score (nSPS) is 13.2. The quantitative estimate of drug-likeness (QED) is 0.302. The first-order valence-electron chi connectivity index (χ1n) is 5.18. The Morgan fingerprint density at radius 2 is 1.13 bits per heavy atom. The molecular formula is C10H22OS4. The van der Waals surface area contributed by atoms with E-state index in [0.717, 1.165) is 38.9 Å². The van der Waals surface area contributed by atoms with Crippen molar-refractivity contribution in [3.63, 3.8) is 0 Å². The molecule has 0 N–H and O–H groups in total. The second-order valence-electron chi connectivity index (χ2n) is 4.25. The molecule has 0 atom stereocenters. The first kappa shape index (κ1) is 16.4. The number of hydrogen-bond acceptors (Lipinski definition) is 5. The fraction of sp³-hybridized carbons (Fsp3) is 1.00. The van der Waals surface area contributed by atoms with Crippen LogP contribution in [0.2, 0.25) is 0 Å². The maximum atomic E-state index is 5.49. The van der Waals surface area contributed by atoms with Gasteiger partial charge in [-0.05, 0) is 39.5 Å². The molecule has 0 aliphatic rings. The topological polar surface area (TPSA) is 9.23 Å². The van der Waals surface area contributed by atoms with Crippen LogP contribution >= 0.6 is 50.5 Å². The van der Waals surface area contributed by atoms with E-state index in [1.165, 1.54) is 0 Å². The van der Waals surface area contributed by atoms with E-state index in [1.807, 2.05) is 13.8 Å². The van der Waals surface area contributed by atoms with Crippen molar-refractivity contribution in [2.45, 2.75) is 47.7 Å². The molecule has 5 heteroatoms. The molecule has 0 fully saturated rings. The predicted octanol–water partition coefficient (Wildman–Crippen LogP) is 3.72. The van der Waals surface area contributed by atoms with Crippen LogP contribution in [0.15, 0.2) is 0 Å². The van der Waals surface area contributed by atoms with Crippen LogP contribution in [0.5, 0.6) is 0 Å². The number of rotatable bonds is 8. The summed E-state index contributed by atoms with van der Waals surface area (Å²) in [4.78, 5) is 0. The molecule has 0 radical (unpaired) electrons. The molecule has 0 saturated heterocycles. The number of hydrogen-bond donors (Lipinski definition) is 4. The summed E-state index contributed by atoms with van der Waals surface area (Å²) in [5.74, 6) is 0. The zero-order chi connectivity index (χ0) is 11.9. The van der Waals surface area contributed by atoms with Crippen LogP contribution in [0.1, 0.15) is 39.5 Å². The number of ether oxygens (including phenoxy) is 1. The standard InChI is InChI=1S/C10H22OS4/c1-9(12,13)5-3-7-11-8-4-6-10(2,14)15/h12-15H,3-8H2,1-2H3. The van der Waals surface area contributed by atoms with Gasteiger partial charge in [0.05, 0.1) is 8.16 Å². The molecule has 0 aromatic heterocycles. The maximum Gasteiger partial charge on any atom is 0.0524 e. The average molecular weight is 287 g/mol.